The van der Waals surface area contributed by atoms with Gasteiger partial charge in [0.25, 0.3) is 5.56 Å². The lowest BCUT2D eigenvalue weighted by Crippen LogP contribution is -2.29. The molecular weight excluding hydrogens is 388 g/mol. The number of fused-ring (bicyclic) bond motifs is 3. The molecule has 0 unspecified atom stereocenters. The zero-order valence-electron chi connectivity index (χ0n) is 16.0. The first-order chi connectivity index (χ1) is 13.7. The number of hydrogen-bond acceptors (Lipinski definition) is 5. The van der Waals surface area contributed by atoms with Crippen molar-refractivity contribution >= 4 is 33.3 Å². The average molecular weight is 413 g/mol. The number of nitrogens with zero attached hydrogens (tertiary/aromatic N) is 2. The lowest BCUT2D eigenvalue weighted by atomic mass is 10.2. The minimum absolute atomic E-state index is 0.120. The van der Waals surface area contributed by atoms with Crippen molar-refractivity contribution in [3.8, 4) is 0 Å². The van der Waals surface area contributed by atoms with E-state index in [0.29, 0.717) is 6.54 Å². The second-order valence-electron chi connectivity index (χ2n) is 7.65. The second kappa shape index (κ2) is 7.65. The maximum absolute atomic E-state index is 13.5. The molecule has 1 saturated heterocycles. The molecule has 1 aliphatic heterocycles. The van der Waals surface area contributed by atoms with Crippen molar-refractivity contribution in [3.63, 3.8) is 0 Å². The molecule has 0 N–H and O–H groups in total. The molecule has 146 valence electrons. The predicted molar refractivity (Wildman–Crippen MR) is 116 cm³/mol. The first kappa shape index (κ1) is 18.4. The Balaban J connectivity index is 1.58. The largest absolute Gasteiger partial charge is 0.376 e. The number of ether oxygens (including phenoxy) is 1. The van der Waals surface area contributed by atoms with Gasteiger partial charge in [0.15, 0.2) is 5.16 Å². The van der Waals surface area contributed by atoms with Gasteiger partial charge in [-0.15, -0.1) is 11.3 Å². The van der Waals surface area contributed by atoms with Crippen LogP contribution in [0.1, 0.15) is 47.4 Å². The van der Waals surface area contributed by atoms with Gasteiger partial charge in [-0.3, -0.25) is 9.36 Å². The Morgan fingerprint density at radius 2 is 2.14 bits per heavy atom. The lowest BCUT2D eigenvalue weighted by molar-refractivity contribution is 0.0937. The summed E-state index contributed by atoms with van der Waals surface area (Å²) < 4.78 is 7.75. The van der Waals surface area contributed by atoms with Crippen molar-refractivity contribution in [2.75, 3.05) is 6.61 Å². The number of hydrogen-bond donors (Lipinski definition) is 0. The SMILES string of the molecule is C[C@H](Sc1nc2sc3c(c2c(=O)n1C[C@H]1CCCO1)CCC3)c1ccccc1. The van der Waals surface area contributed by atoms with Crippen LogP contribution in [0.5, 0.6) is 0 Å². The van der Waals surface area contributed by atoms with Crippen LogP contribution < -0.4 is 5.56 Å². The summed E-state index contributed by atoms with van der Waals surface area (Å²) >= 11 is 3.40. The molecule has 0 radical (unpaired) electrons. The molecule has 28 heavy (non-hydrogen) atoms. The highest BCUT2D eigenvalue weighted by atomic mass is 32.2. The Labute approximate surface area is 172 Å². The number of rotatable bonds is 5. The van der Waals surface area contributed by atoms with Crippen LogP contribution in [0.15, 0.2) is 40.3 Å². The van der Waals surface area contributed by atoms with Gasteiger partial charge in [0.2, 0.25) is 0 Å². The average Bonchev–Trinajstić information content (AvgIpc) is 3.43. The molecule has 3 aromatic rings. The van der Waals surface area contributed by atoms with E-state index in [1.54, 1.807) is 23.1 Å². The zero-order chi connectivity index (χ0) is 19.1. The van der Waals surface area contributed by atoms with Crippen molar-refractivity contribution in [1.82, 2.24) is 9.55 Å². The van der Waals surface area contributed by atoms with E-state index in [4.69, 9.17) is 9.72 Å². The highest BCUT2D eigenvalue weighted by Crippen LogP contribution is 2.38. The van der Waals surface area contributed by atoms with Crippen molar-refractivity contribution in [1.29, 1.82) is 0 Å². The van der Waals surface area contributed by atoms with E-state index in [1.165, 1.54) is 16.0 Å². The molecule has 0 spiro atoms. The number of benzene rings is 1. The van der Waals surface area contributed by atoms with Gasteiger partial charge in [-0.25, -0.2) is 4.98 Å². The summed E-state index contributed by atoms with van der Waals surface area (Å²) in [5.74, 6) is 0. The molecule has 3 heterocycles. The van der Waals surface area contributed by atoms with E-state index in [-0.39, 0.29) is 16.9 Å². The van der Waals surface area contributed by atoms with E-state index in [0.717, 1.165) is 54.1 Å². The normalized spacial score (nSPS) is 20.0. The second-order valence-corrected chi connectivity index (χ2v) is 10.0. The summed E-state index contributed by atoms with van der Waals surface area (Å²) in [6, 6.07) is 10.4. The Kier molecular flexibility index (Phi) is 5.03. The molecular formula is C22H24N2O2S2. The fraction of sp³-hybridized carbons (Fsp3) is 0.455. The molecule has 1 fully saturated rings. The van der Waals surface area contributed by atoms with E-state index < -0.39 is 0 Å². The van der Waals surface area contributed by atoms with Gasteiger partial charge in [-0.05, 0) is 50.2 Å². The molecule has 2 aliphatic rings. The van der Waals surface area contributed by atoms with Crippen LogP contribution >= 0.6 is 23.1 Å². The highest BCUT2D eigenvalue weighted by Gasteiger charge is 2.26. The number of aryl methyl sites for hydroxylation is 2. The Bertz CT molecular complexity index is 1050. The Morgan fingerprint density at radius 1 is 1.29 bits per heavy atom. The summed E-state index contributed by atoms with van der Waals surface area (Å²) in [6.45, 7) is 3.59. The zero-order valence-corrected chi connectivity index (χ0v) is 17.7. The molecule has 4 nitrogen and oxygen atoms in total. The van der Waals surface area contributed by atoms with Crippen molar-refractivity contribution in [3.05, 3.63) is 56.7 Å². The molecule has 6 heteroatoms. The molecule has 5 rings (SSSR count). The Hall–Kier alpha value is -1.63. The fourth-order valence-corrected chi connectivity index (χ4v) is 6.60. The van der Waals surface area contributed by atoms with Crippen molar-refractivity contribution in [2.45, 2.75) is 62.1 Å². The van der Waals surface area contributed by atoms with Crippen molar-refractivity contribution < 1.29 is 4.74 Å². The summed E-state index contributed by atoms with van der Waals surface area (Å²) in [4.78, 5) is 20.8. The number of thioether (sulfide) groups is 1. The van der Waals surface area contributed by atoms with Crippen LogP contribution in [-0.2, 0) is 24.1 Å². The first-order valence-corrected chi connectivity index (χ1v) is 11.8. The van der Waals surface area contributed by atoms with Crippen LogP contribution in [0, 0.1) is 0 Å². The number of aromatic nitrogens is 2. The molecule has 2 atom stereocenters. The molecule has 2 aromatic heterocycles. The van der Waals surface area contributed by atoms with Gasteiger partial charge in [-0.2, -0.15) is 0 Å². The van der Waals surface area contributed by atoms with Crippen LogP contribution in [-0.4, -0.2) is 22.3 Å². The fourth-order valence-electron chi connectivity index (χ4n) is 4.25. The monoisotopic (exact) mass is 412 g/mol. The Morgan fingerprint density at radius 3 is 2.93 bits per heavy atom. The minimum Gasteiger partial charge on any atom is -0.376 e. The molecule has 1 aromatic carbocycles. The summed E-state index contributed by atoms with van der Waals surface area (Å²) in [5.41, 5.74) is 2.63. The molecule has 1 aliphatic carbocycles. The third-order valence-electron chi connectivity index (χ3n) is 5.75. The van der Waals surface area contributed by atoms with Crippen LogP contribution in [0.4, 0.5) is 0 Å². The van der Waals surface area contributed by atoms with Gasteiger partial charge in [-0.1, -0.05) is 42.1 Å². The smallest absolute Gasteiger partial charge is 0.263 e. The highest BCUT2D eigenvalue weighted by molar-refractivity contribution is 7.99. The summed E-state index contributed by atoms with van der Waals surface area (Å²) in [5, 5.41) is 1.92. The molecule has 0 bridgehead atoms. The summed E-state index contributed by atoms with van der Waals surface area (Å²) in [7, 11) is 0. The predicted octanol–water partition coefficient (Wildman–Crippen LogP) is 4.98. The van der Waals surface area contributed by atoms with E-state index in [1.807, 2.05) is 10.6 Å². The maximum atomic E-state index is 13.5. The van der Waals surface area contributed by atoms with Crippen molar-refractivity contribution in [2.24, 2.45) is 0 Å². The van der Waals surface area contributed by atoms with Crippen LogP contribution in [0.3, 0.4) is 0 Å². The number of thiophene rings is 1. The topological polar surface area (TPSA) is 44.1 Å². The standard InChI is InChI=1S/C22H24N2O2S2/c1-14(15-7-3-2-4-8-15)27-22-23-20-19(17-10-5-11-18(17)28-20)21(25)24(22)13-16-9-6-12-26-16/h2-4,7-8,14,16H,5-6,9-13H2,1H3/t14-,16+/m0/s1. The molecule has 0 saturated carbocycles. The van der Waals surface area contributed by atoms with E-state index in [2.05, 4.69) is 31.2 Å². The summed E-state index contributed by atoms with van der Waals surface area (Å²) in [6.07, 6.45) is 5.47. The maximum Gasteiger partial charge on any atom is 0.263 e. The quantitative estimate of drug-likeness (QED) is 0.438. The third-order valence-corrected chi connectivity index (χ3v) is 8.09. The minimum atomic E-state index is 0.120. The van der Waals surface area contributed by atoms with Gasteiger partial charge in [0.05, 0.1) is 18.0 Å². The van der Waals surface area contributed by atoms with E-state index >= 15 is 0 Å². The third kappa shape index (κ3) is 3.31. The van der Waals surface area contributed by atoms with Gasteiger partial charge >= 0.3 is 0 Å². The first-order valence-electron chi connectivity index (χ1n) is 10.1. The van der Waals surface area contributed by atoms with Crippen LogP contribution in [0.2, 0.25) is 0 Å². The van der Waals surface area contributed by atoms with E-state index in [9.17, 15) is 4.79 Å². The van der Waals surface area contributed by atoms with Gasteiger partial charge in [0, 0.05) is 16.7 Å². The lowest BCUT2D eigenvalue weighted by Gasteiger charge is -2.18. The van der Waals surface area contributed by atoms with Gasteiger partial charge in [0.1, 0.15) is 4.83 Å². The van der Waals surface area contributed by atoms with Crippen LogP contribution in [0.25, 0.3) is 10.2 Å². The molecule has 0 amide bonds. The van der Waals surface area contributed by atoms with Gasteiger partial charge < -0.3 is 4.74 Å².